The van der Waals surface area contributed by atoms with Gasteiger partial charge in [0.15, 0.2) is 11.5 Å². The lowest BCUT2D eigenvalue weighted by Crippen LogP contribution is -2.19. The van der Waals surface area contributed by atoms with Crippen LogP contribution < -0.4 is 14.8 Å². The molecule has 1 aromatic rings. The fourth-order valence-corrected chi connectivity index (χ4v) is 1.64. The highest BCUT2D eigenvalue weighted by molar-refractivity contribution is 5.43. The Morgan fingerprint density at radius 3 is 2.44 bits per heavy atom. The topological polar surface area (TPSA) is 30.5 Å². The maximum absolute atomic E-state index is 5.29. The molecular weight excluding hydrogens is 202 g/mol. The van der Waals surface area contributed by atoms with Crippen molar-refractivity contribution in [3.63, 3.8) is 0 Å². The molecular formula is C13H21NO2. The molecule has 0 fully saturated rings. The number of rotatable bonds is 6. The Kier molecular flexibility index (Phi) is 5.12. The van der Waals surface area contributed by atoms with E-state index in [1.165, 1.54) is 5.56 Å². The van der Waals surface area contributed by atoms with Crippen LogP contribution in [0.4, 0.5) is 0 Å². The molecule has 0 aliphatic carbocycles. The molecule has 0 aliphatic rings. The second-order valence-electron chi connectivity index (χ2n) is 3.82. The van der Waals surface area contributed by atoms with Gasteiger partial charge in [0, 0.05) is 6.54 Å². The van der Waals surface area contributed by atoms with Crippen LogP contribution in [0.1, 0.15) is 25.3 Å². The van der Waals surface area contributed by atoms with Gasteiger partial charge in [-0.25, -0.2) is 0 Å². The van der Waals surface area contributed by atoms with Gasteiger partial charge in [-0.3, -0.25) is 0 Å². The van der Waals surface area contributed by atoms with Crippen LogP contribution in [-0.2, 0) is 0 Å². The summed E-state index contributed by atoms with van der Waals surface area (Å²) in [5.41, 5.74) is 1.26. The molecule has 90 valence electrons. The fourth-order valence-electron chi connectivity index (χ4n) is 1.64. The van der Waals surface area contributed by atoms with Crippen molar-refractivity contribution in [2.24, 2.45) is 0 Å². The fraction of sp³-hybridized carbons (Fsp3) is 0.538. The highest BCUT2D eigenvalue weighted by Crippen LogP contribution is 2.30. The average molecular weight is 223 g/mol. The van der Waals surface area contributed by atoms with Gasteiger partial charge in [-0.05, 0) is 30.2 Å². The Bertz CT molecular complexity index is 326. The molecule has 0 radical (unpaired) electrons. The van der Waals surface area contributed by atoms with Gasteiger partial charge >= 0.3 is 0 Å². The molecule has 16 heavy (non-hydrogen) atoms. The second-order valence-corrected chi connectivity index (χ2v) is 3.82. The Morgan fingerprint density at radius 2 is 1.88 bits per heavy atom. The Balaban J connectivity index is 2.81. The van der Waals surface area contributed by atoms with E-state index in [-0.39, 0.29) is 0 Å². The zero-order chi connectivity index (χ0) is 12.0. The van der Waals surface area contributed by atoms with E-state index in [1.807, 2.05) is 12.1 Å². The molecule has 0 aliphatic heterocycles. The maximum Gasteiger partial charge on any atom is 0.160 e. The van der Waals surface area contributed by atoms with E-state index in [9.17, 15) is 0 Å². The van der Waals surface area contributed by atoms with Crippen molar-refractivity contribution in [3.8, 4) is 11.5 Å². The Morgan fingerprint density at radius 1 is 1.19 bits per heavy atom. The number of ether oxygens (including phenoxy) is 2. The lowest BCUT2D eigenvalue weighted by molar-refractivity contribution is 0.354. The molecule has 0 saturated heterocycles. The number of likely N-dealkylation sites (N-methyl/N-ethyl adjacent to an activating group) is 1. The maximum atomic E-state index is 5.29. The van der Waals surface area contributed by atoms with Crippen molar-refractivity contribution >= 4 is 0 Å². The van der Waals surface area contributed by atoms with Gasteiger partial charge in [-0.15, -0.1) is 0 Å². The predicted octanol–water partition coefficient (Wildman–Crippen LogP) is 2.42. The van der Waals surface area contributed by atoms with Gasteiger partial charge in [0.1, 0.15) is 0 Å². The zero-order valence-electron chi connectivity index (χ0n) is 10.5. The standard InChI is InChI=1S/C13H21NO2/c1-5-14-9-10(2)11-6-7-12(15-3)13(8-11)16-4/h6-8,10,14H,5,9H2,1-4H3. The average Bonchev–Trinajstić information content (AvgIpc) is 2.34. The minimum absolute atomic E-state index is 0.472. The van der Waals surface area contributed by atoms with E-state index < -0.39 is 0 Å². The van der Waals surface area contributed by atoms with Crippen molar-refractivity contribution in [2.45, 2.75) is 19.8 Å². The largest absolute Gasteiger partial charge is 0.493 e. The van der Waals surface area contributed by atoms with Crippen LogP contribution in [0, 0.1) is 0 Å². The summed E-state index contributed by atoms with van der Waals surface area (Å²) in [4.78, 5) is 0. The summed E-state index contributed by atoms with van der Waals surface area (Å²) in [6, 6.07) is 6.08. The summed E-state index contributed by atoms with van der Waals surface area (Å²) in [5.74, 6) is 2.05. The van der Waals surface area contributed by atoms with Crippen molar-refractivity contribution < 1.29 is 9.47 Å². The number of methoxy groups -OCH3 is 2. The van der Waals surface area contributed by atoms with Gasteiger partial charge < -0.3 is 14.8 Å². The third-order valence-corrected chi connectivity index (χ3v) is 2.68. The summed E-state index contributed by atoms with van der Waals surface area (Å²) >= 11 is 0. The molecule has 1 aromatic carbocycles. The van der Waals surface area contributed by atoms with Crippen molar-refractivity contribution in [1.82, 2.24) is 5.32 Å². The van der Waals surface area contributed by atoms with Crippen LogP contribution in [-0.4, -0.2) is 27.3 Å². The van der Waals surface area contributed by atoms with Crippen molar-refractivity contribution in [1.29, 1.82) is 0 Å². The van der Waals surface area contributed by atoms with Crippen LogP contribution in [0.5, 0.6) is 11.5 Å². The van der Waals surface area contributed by atoms with Crippen LogP contribution in [0.25, 0.3) is 0 Å². The molecule has 0 bridgehead atoms. The van der Waals surface area contributed by atoms with Gasteiger partial charge in [-0.1, -0.05) is 19.9 Å². The van der Waals surface area contributed by atoms with Crippen LogP contribution in [0.15, 0.2) is 18.2 Å². The molecule has 1 rings (SSSR count). The highest BCUT2D eigenvalue weighted by Gasteiger charge is 2.09. The van der Waals surface area contributed by atoms with Crippen molar-refractivity contribution in [3.05, 3.63) is 23.8 Å². The van der Waals surface area contributed by atoms with E-state index in [1.54, 1.807) is 14.2 Å². The van der Waals surface area contributed by atoms with Gasteiger partial charge in [-0.2, -0.15) is 0 Å². The van der Waals surface area contributed by atoms with E-state index in [0.717, 1.165) is 24.6 Å². The third-order valence-electron chi connectivity index (χ3n) is 2.68. The first kappa shape index (κ1) is 12.8. The summed E-state index contributed by atoms with van der Waals surface area (Å²) in [6.45, 7) is 6.29. The molecule has 0 heterocycles. The SMILES string of the molecule is CCNCC(C)c1ccc(OC)c(OC)c1. The smallest absolute Gasteiger partial charge is 0.160 e. The minimum Gasteiger partial charge on any atom is -0.493 e. The first-order chi connectivity index (χ1) is 7.72. The Hall–Kier alpha value is -1.22. The van der Waals surface area contributed by atoms with Gasteiger partial charge in [0.25, 0.3) is 0 Å². The zero-order valence-corrected chi connectivity index (χ0v) is 10.5. The molecule has 0 spiro atoms. The van der Waals surface area contributed by atoms with Crippen molar-refractivity contribution in [2.75, 3.05) is 27.3 Å². The molecule has 1 atom stereocenters. The monoisotopic (exact) mass is 223 g/mol. The number of nitrogens with one attached hydrogen (secondary N) is 1. The predicted molar refractivity (Wildman–Crippen MR) is 66.5 cm³/mol. The lowest BCUT2D eigenvalue weighted by atomic mass is 10.0. The van der Waals surface area contributed by atoms with E-state index >= 15 is 0 Å². The second kappa shape index (κ2) is 6.38. The molecule has 3 nitrogen and oxygen atoms in total. The van der Waals surface area contributed by atoms with Gasteiger partial charge in [0.05, 0.1) is 14.2 Å². The summed E-state index contributed by atoms with van der Waals surface area (Å²) in [5, 5.41) is 3.34. The molecule has 1 unspecified atom stereocenters. The van der Waals surface area contributed by atoms with E-state index in [4.69, 9.17) is 9.47 Å². The summed E-state index contributed by atoms with van der Waals surface area (Å²) in [7, 11) is 3.32. The lowest BCUT2D eigenvalue weighted by Gasteiger charge is -2.15. The highest BCUT2D eigenvalue weighted by atomic mass is 16.5. The quantitative estimate of drug-likeness (QED) is 0.803. The van der Waals surface area contributed by atoms with Gasteiger partial charge in [0.2, 0.25) is 0 Å². The third kappa shape index (κ3) is 3.14. The van der Waals surface area contributed by atoms with Crippen LogP contribution in [0.2, 0.25) is 0 Å². The number of benzene rings is 1. The first-order valence-electron chi connectivity index (χ1n) is 5.65. The minimum atomic E-state index is 0.472. The normalized spacial score (nSPS) is 12.2. The Labute approximate surface area is 97.8 Å². The summed E-state index contributed by atoms with van der Waals surface area (Å²) in [6.07, 6.45) is 0. The number of hydrogen-bond acceptors (Lipinski definition) is 3. The molecule has 3 heteroatoms. The molecule has 0 amide bonds. The molecule has 1 N–H and O–H groups in total. The van der Waals surface area contributed by atoms with E-state index in [0.29, 0.717) is 5.92 Å². The number of hydrogen-bond donors (Lipinski definition) is 1. The molecule has 0 aromatic heterocycles. The molecule has 0 saturated carbocycles. The first-order valence-corrected chi connectivity index (χ1v) is 5.65. The van der Waals surface area contributed by atoms with Crippen LogP contribution in [0.3, 0.4) is 0 Å². The van der Waals surface area contributed by atoms with E-state index in [2.05, 4.69) is 25.2 Å². The summed E-state index contributed by atoms with van der Waals surface area (Å²) < 4.78 is 10.5. The van der Waals surface area contributed by atoms with Crippen LogP contribution >= 0.6 is 0 Å².